The zero-order chi connectivity index (χ0) is 16.3. The van der Waals surface area contributed by atoms with Crippen LogP contribution in [0.3, 0.4) is 0 Å². The summed E-state index contributed by atoms with van der Waals surface area (Å²) in [6.45, 7) is 7.15. The van der Waals surface area contributed by atoms with E-state index in [0.717, 1.165) is 0 Å². The van der Waals surface area contributed by atoms with Crippen LogP contribution in [-0.4, -0.2) is 5.16 Å². The molecule has 116 valence electrons. The summed E-state index contributed by atoms with van der Waals surface area (Å²) in [5.74, 6) is 0. The van der Waals surface area contributed by atoms with Gasteiger partial charge in [0.1, 0.15) is 23.2 Å². The molecule has 0 atom stereocenters. The van der Waals surface area contributed by atoms with Gasteiger partial charge in [-0.3, -0.25) is 0 Å². The lowest BCUT2D eigenvalue weighted by Gasteiger charge is -2.38. The lowest BCUT2D eigenvalue weighted by atomic mass is 10.2. The monoisotopic (exact) mass is 319 g/mol. The maximum Gasteiger partial charge on any atom is 0.117 e. The molecule has 0 heterocycles. The Morgan fingerprint density at radius 2 is 0.739 bits per heavy atom. The molecule has 3 aromatic rings. The van der Waals surface area contributed by atoms with E-state index in [9.17, 15) is 0 Å². The molecule has 0 N–H and O–H groups in total. The van der Waals surface area contributed by atoms with Crippen molar-refractivity contribution >= 4 is 23.2 Å². The van der Waals surface area contributed by atoms with Crippen molar-refractivity contribution in [1.82, 2.24) is 0 Å². The van der Waals surface area contributed by atoms with E-state index in [0.29, 0.717) is 0 Å². The zero-order valence-corrected chi connectivity index (χ0v) is 15.0. The van der Waals surface area contributed by atoms with Gasteiger partial charge >= 0.3 is 0 Å². The second-order valence-corrected chi connectivity index (χ2v) is 11.1. The van der Waals surface area contributed by atoms with Crippen molar-refractivity contribution in [3.8, 4) is 0 Å². The second-order valence-electron chi connectivity index (χ2n) is 6.85. The van der Waals surface area contributed by atoms with Crippen LogP contribution in [0.2, 0.25) is 0 Å². The van der Waals surface area contributed by atoms with Gasteiger partial charge in [0.25, 0.3) is 0 Å². The smallest absolute Gasteiger partial charge is 0.0620 e. The summed E-state index contributed by atoms with van der Waals surface area (Å²) < 4.78 is 0. The van der Waals surface area contributed by atoms with E-state index in [4.69, 9.17) is 0 Å². The van der Waals surface area contributed by atoms with Gasteiger partial charge < -0.3 is 0 Å². The second kappa shape index (κ2) is 6.30. The van der Waals surface area contributed by atoms with Gasteiger partial charge in [-0.15, -0.1) is 0 Å². The SMILES string of the molecule is CC(C)(C)[P+](c1ccccc1)(c1ccccc1)c1ccccc1. The first-order valence-electron chi connectivity index (χ1n) is 8.13. The molecule has 0 unspecified atom stereocenters. The third-order valence-corrected chi connectivity index (χ3v) is 9.67. The van der Waals surface area contributed by atoms with E-state index in [1.807, 2.05) is 0 Å². The van der Waals surface area contributed by atoms with Crippen LogP contribution in [0.1, 0.15) is 20.8 Å². The Kier molecular flexibility index (Phi) is 4.37. The minimum Gasteiger partial charge on any atom is -0.0620 e. The standard InChI is InChI=1S/C22H24P/c1-22(2,3)23(19-13-7-4-8-14-19,20-15-9-5-10-16-20)21-17-11-6-12-18-21/h4-18H,1-3H3/q+1. The van der Waals surface area contributed by atoms with Crippen molar-refractivity contribution in [1.29, 1.82) is 0 Å². The fraction of sp³-hybridized carbons (Fsp3) is 0.182. The quantitative estimate of drug-likeness (QED) is 0.610. The third-order valence-electron chi connectivity index (χ3n) is 4.44. The van der Waals surface area contributed by atoms with E-state index in [1.54, 1.807) is 0 Å². The first-order chi connectivity index (χ1) is 11.1. The molecule has 0 amide bonds. The first kappa shape index (κ1) is 16.0. The Bertz CT molecular complexity index is 644. The van der Waals surface area contributed by atoms with E-state index in [1.165, 1.54) is 15.9 Å². The van der Waals surface area contributed by atoms with Gasteiger partial charge in [0, 0.05) is 0 Å². The Balaban J connectivity index is 2.41. The summed E-state index contributed by atoms with van der Waals surface area (Å²) in [7, 11) is -1.74. The highest BCUT2D eigenvalue weighted by Gasteiger charge is 2.54. The van der Waals surface area contributed by atoms with Crippen molar-refractivity contribution in [2.75, 3.05) is 0 Å². The molecule has 0 radical (unpaired) electrons. The summed E-state index contributed by atoms with van der Waals surface area (Å²) in [5.41, 5.74) is 0. The molecule has 0 fully saturated rings. The number of hydrogen-bond acceptors (Lipinski definition) is 0. The molecule has 3 rings (SSSR count). The topological polar surface area (TPSA) is 0 Å². The van der Waals surface area contributed by atoms with Crippen molar-refractivity contribution in [2.45, 2.75) is 25.9 Å². The lowest BCUT2D eigenvalue weighted by molar-refractivity contribution is 0.786. The maximum absolute atomic E-state index is 2.38. The van der Waals surface area contributed by atoms with E-state index in [-0.39, 0.29) is 5.16 Å². The van der Waals surface area contributed by atoms with Crippen LogP contribution in [0.4, 0.5) is 0 Å². The average molecular weight is 319 g/mol. The molecule has 0 saturated carbocycles. The Labute approximate surface area is 140 Å². The van der Waals surface area contributed by atoms with E-state index in [2.05, 4.69) is 112 Å². The van der Waals surface area contributed by atoms with Crippen LogP contribution < -0.4 is 15.9 Å². The molecule has 23 heavy (non-hydrogen) atoms. The summed E-state index contributed by atoms with van der Waals surface area (Å²) in [6.07, 6.45) is 0. The van der Waals surface area contributed by atoms with Crippen LogP contribution in [0.15, 0.2) is 91.0 Å². The molecular weight excluding hydrogens is 295 g/mol. The average Bonchev–Trinajstić information content (AvgIpc) is 2.57. The zero-order valence-electron chi connectivity index (χ0n) is 14.1. The Morgan fingerprint density at radius 1 is 0.478 bits per heavy atom. The first-order valence-corrected chi connectivity index (χ1v) is 9.92. The summed E-state index contributed by atoms with van der Waals surface area (Å²) in [6, 6.07) is 33.2. The molecule has 0 spiro atoms. The third kappa shape index (κ3) is 2.73. The van der Waals surface area contributed by atoms with Gasteiger partial charge in [0.15, 0.2) is 0 Å². The van der Waals surface area contributed by atoms with Crippen LogP contribution in [0, 0.1) is 0 Å². The van der Waals surface area contributed by atoms with E-state index < -0.39 is 7.26 Å². The highest BCUT2D eigenvalue weighted by atomic mass is 31.2. The van der Waals surface area contributed by atoms with Gasteiger partial charge in [-0.2, -0.15) is 0 Å². The van der Waals surface area contributed by atoms with E-state index >= 15 is 0 Å². The predicted octanol–water partition coefficient (Wildman–Crippen LogP) is 4.78. The number of rotatable bonds is 3. The fourth-order valence-electron chi connectivity index (χ4n) is 3.56. The molecule has 1 heteroatoms. The minimum atomic E-state index is -1.74. The normalized spacial score (nSPS) is 12.1. The molecule has 0 aliphatic heterocycles. The molecule has 0 aromatic heterocycles. The van der Waals surface area contributed by atoms with Gasteiger partial charge in [-0.05, 0) is 57.2 Å². The van der Waals surface area contributed by atoms with Crippen LogP contribution in [0.25, 0.3) is 0 Å². The molecular formula is C22H24P+. The highest BCUT2D eigenvalue weighted by molar-refractivity contribution is 7.96. The predicted molar refractivity (Wildman–Crippen MR) is 105 cm³/mol. The van der Waals surface area contributed by atoms with Crippen LogP contribution in [0.5, 0.6) is 0 Å². The van der Waals surface area contributed by atoms with Crippen LogP contribution >= 0.6 is 7.26 Å². The Morgan fingerprint density at radius 3 is 0.957 bits per heavy atom. The van der Waals surface area contributed by atoms with Gasteiger partial charge in [0.05, 0.1) is 5.16 Å². The van der Waals surface area contributed by atoms with Crippen molar-refractivity contribution in [3.63, 3.8) is 0 Å². The highest BCUT2D eigenvalue weighted by Crippen LogP contribution is 2.65. The van der Waals surface area contributed by atoms with Crippen molar-refractivity contribution < 1.29 is 0 Å². The summed E-state index contributed by atoms with van der Waals surface area (Å²) in [4.78, 5) is 0. The summed E-state index contributed by atoms with van der Waals surface area (Å²) >= 11 is 0. The fourth-order valence-corrected chi connectivity index (χ4v) is 8.64. The number of hydrogen-bond donors (Lipinski definition) is 0. The molecule has 0 nitrogen and oxygen atoms in total. The lowest BCUT2D eigenvalue weighted by Crippen LogP contribution is -2.42. The summed E-state index contributed by atoms with van der Waals surface area (Å²) in [5, 5.41) is 4.48. The minimum absolute atomic E-state index is 0.136. The van der Waals surface area contributed by atoms with Crippen LogP contribution in [-0.2, 0) is 0 Å². The molecule has 0 bridgehead atoms. The molecule has 0 aliphatic carbocycles. The molecule has 3 aromatic carbocycles. The molecule has 0 saturated heterocycles. The van der Waals surface area contributed by atoms with Crippen molar-refractivity contribution in [3.05, 3.63) is 91.0 Å². The molecule has 0 aliphatic rings. The maximum atomic E-state index is 2.38. The largest absolute Gasteiger partial charge is 0.117 e. The van der Waals surface area contributed by atoms with Gasteiger partial charge in [0.2, 0.25) is 0 Å². The Hall–Kier alpha value is -1.91. The van der Waals surface area contributed by atoms with Gasteiger partial charge in [-0.25, -0.2) is 0 Å². The van der Waals surface area contributed by atoms with Crippen molar-refractivity contribution in [2.24, 2.45) is 0 Å². The number of benzene rings is 3. The van der Waals surface area contributed by atoms with Gasteiger partial charge in [-0.1, -0.05) is 54.6 Å².